The number of ether oxygens (including phenoxy) is 2. The molecule has 2 amide bonds. The first-order valence-electron chi connectivity index (χ1n) is 8.90. The third-order valence-electron chi connectivity index (χ3n) is 4.33. The zero-order valence-electron chi connectivity index (χ0n) is 15.4. The minimum Gasteiger partial charge on any atom is -0.440 e. The second-order valence-corrected chi connectivity index (χ2v) is 6.29. The van der Waals surface area contributed by atoms with Crippen molar-refractivity contribution in [2.45, 2.75) is 6.18 Å². The molecule has 1 fully saturated rings. The number of anilines is 1. The number of rotatable bonds is 4. The highest BCUT2D eigenvalue weighted by molar-refractivity contribution is 5.93. The van der Waals surface area contributed by atoms with Crippen LogP contribution in [0.5, 0.6) is 0 Å². The number of carbonyl (C=O) groups excluding carboxylic acids is 2. The smallest absolute Gasteiger partial charge is 0.416 e. The summed E-state index contributed by atoms with van der Waals surface area (Å²) in [7, 11) is 0. The SMILES string of the molecule is O=C(OCN(C(=O)N1CCOCC1)c1cccc(C(F)(F)F)c1)c1ccccc1. The Labute approximate surface area is 165 Å². The highest BCUT2D eigenvalue weighted by Gasteiger charge is 2.32. The molecule has 0 bridgehead atoms. The van der Waals surface area contributed by atoms with Gasteiger partial charge in [-0.15, -0.1) is 0 Å². The molecule has 0 radical (unpaired) electrons. The average Bonchev–Trinajstić information content (AvgIpc) is 2.74. The van der Waals surface area contributed by atoms with E-state index in [-0.39, 0.29) is 11.3 Å². The van der Waals surface area contributed by atoms with Crippen LogP contribution in [0.25, 0.3) is 0 Å². The summed E-state index contributed by atoms with van der Waals surface area (Å²) in [5.74, 6) is -0.683. The molecule has 0 aromatic heterocycles. The molecule has 6 nitrogen and oxygen atoms in total. The van der Waals surface area contributed by atoms with Gasteiger partial charge in [0, 0.05) is 18.8 Å². The summed E-state index contributed by atoms with van der Waals surface area (Å²) in [6.45, 7) is 0.713. The van der Waals surface area contributed by atoms with E-state index in [1.54, 1.807) is 30.3 Å². The van der Waals surface area contributed by atoms with Crippen molar-refractivity contribution >= 4 is 17.7 Å². The van der Waals surface area contributed by atoms with E-state index in [1.807, 2.05) is 0 Å². The van der Waals surface area contributed by atoms with Gasteiger partial charge >= 0.3 is 18.2 Å². The third-order valence-corrected chi connectivity index (χ3v) is 4.33. The highest BCUT2D eigenvalue weighted by atomic mass is 19.4. The lowest BCUT2D eigenvalue weighted by Gasteiger charge is -2.32. The van der Waals surface area contributed by atoms with Crippen molar-refractivity contribution in [2.75, 3.05) is 37.9 Å². The molecule has 0 saturated carbocycles. The van der Waals surface area contributed by atoms with E-state index in [0.717, 1.165) is 17.0 Å². The predicted molar refractivity (Wildman–Crippen MR) is 98.4 cm³/mol. The number of alkyl halides is 3. The summed E-state index contributed by atoms with van der Waals surface area (Å²) in [6.07, 6.45) is -4.57. The number of hydrogen-bond donors (Lipinski definition) is 0. The Morgan fingerprint density at radius 2 is 1.72 bits per heavy atom. The Morgan fingerprint density at radius 3 is 2.38 bits per heavy atom. The minimum absolute atomic E-state index is 0.0165. The molecule has 0 aliphatic carbocycles. The minimum atomic E-state index is -4.57. The first kappa shape index (κ1) is 20.7. The van der Waals surface area contributed by atoms with Gasteiger partial charge in [0.15, 0.2) is 6.73 Å². The largest absolute Gasteiger partial charge is 0.440 e. The molecule has 3 rings (SSSR count). The summed E-state index contributed by atoms with van der Waals surface area (Å²) >= 11 is 0. The van der Waals surface area contributed by atoms with Gasteiger partial charge in [-0.3, -0.25) is 4.90 Å². The summed E-state index contributed by atoms with van der Waals surface area (Å²) in [4.78, 5) is 27.6. The van der Waals surface area contributed by atoms with Crippen molar-refractivity contribution in [1.82, 2.24) is 4.90 Å². The monoisotopic (exact) mass is 408 g/mol. The van der Waals surface area contributed by atoms with Crippen molar-refractivity contribution in [1.29, 1.82) is 0 Å². The molecular formula is C20H19F3N2O4. The summed E-state index contributed by atoms with van der Waals surface area (Å²) in [5.41, 5.74) is -0.642. The van der Waals surface area contributed by atoms with Crippen LogP contribution in [0.3, 0.4) is 0 Å². The fraction of sp³-hybridized carbons (Fsp3) is 0.300. The first-order chi connectivity index (χ1) is 13.9. The van der Waals surface area contributed by atoms with Gasteiger partial charge in [-0.25, -0.2) is 9.59 Å². The van der Waals surface area contributed by atoms with Crippen LogP contribution in [0.4, 0.5) is 23.7 Å². The molecule has 0 unspecified atom stereocenters. The van der Waals surface area contributed by atoms with Gasteiger partial charge in [-0.2, -0.15) is 13.2 Å². The van der Waals surface area contributed by atoms with Gasteiger partial charge in [0.2, 0.25) is 0 Å². The number of amides is 2. The van der Waals surface area contributed by atoms with E-state index in [9.17, 15) is 22.8 Å². The average molecular weight is 408 g/mol. The number of nitrogens with zero attached hydrogens (tertiary/aromatic N) is 2. The maximum absolute atomic E-state index is 13.1. The van der Waals surface area contributed by atoms with Gasteiger partial charge < -0.3 is 14.4 Å². The van der Waals surface area contributed by atoms with E-state index in [4.69, 9.17) is 9.47 Å². The lowest BCUT2D eigenvalue weighted by molar-refractivity contribution is -0.137. The molecule has 1 aliphatic heterocycles. The Hall–Kier alpha value is -3.07. The van der Waals surface area contributed by atoms with E-state index in [2.05, 4.69) is 0 Å². The zero-order chi connectivity index (χ0) is 20.9. The molecule has 0 spiro atoms. The lowest BCUT2D eigenvalue weighted by Crippen LogP contribution is -2.49. The van der Waals surface area contributed by atoms with Gasteiger partial charge in [0.05, 0.1) is 24.3 Å². The Kier molecular flexibility index (Phi) is 6.38. The van der Waals surface area contributed by atoms with Crippen LogP contribution in [0.1, 0.15) is 15.9 Å². The Morgan fingerprint density at radius 1 is 1.03 bits per heavy atom. The number of benzene rings is 2. The molecule has 1 saturated heterocycles. The van der Waals surface area contributed by atoms with Gasteiger partial charge in [0.25, 0.3) is 0 Å². The van der Waals surface area contributed by atoms with Crippen molar-refractivity contribution < 1.29 is 32.2 Å². The van der Waals surface area contributed by atoms with Gasteiger partial charge in [0.1, 0.15) is 0 Å². The number of carbonyl (C=O) groups is 2. The topological polar surface area (TPSA) is 59.1 Å². The number of urea groups is 1. The summed E-state index contributed by atoms with van der Waals surface area (Å²) in [6, 6.07) is 11.9. The van der Waals surface area contributed by atoms with E-state index >= 15 is 0 Å². The molecular weight excluding hydrogens is 389 g/mol. The third kappa shape index (κ3) is 5.26. The molecule has 2 aromatic carbocycles. The number of halogens is 3. The lowest BCUT2D eigenvalue weighted by atomic mass is 10.2. The van der Waals surface area contributed by atoms with Crippen LogP contribution < -0.4 is 4.90 Å². The quantitative estimate of drug-likeness (QED) is 0.571. The van der Waals surface area contributed by atoms with Crippen LogP contribution in [-0.4, -0.2) is 49.9 Å². The van der Waals surface area contributed by atoms with Crippen LogP contribution >= 0.6 is 0 Å². The maximum atomic E-state index is 13.1. The van der Waals surface area contributed by atoms with E-state index < -0.39 is 30.5 Å². The van der Waals surface area contributed by atoms with E-state index in [0.29, 0.717) is 26.3 Å². The highest BCUT2D eigenvalue weighted by Crippen LogP contribution is 2.32. The Balaban J connectivity index is 1.83. The standard InChI is InChI=1S/C20H19F3N2O4/c21-20(22,23)16-7-4-8-17(13-16)25(19(27)24-9-11-28-12-10-24)14-29-18(26)15-5-2-1-3-6-15/h1-8,13H,9-12,14H2. The molecule has 1 heterocycles. The normalized spacial score (nSPS) is 14.4. The molecule has 9 heteroatoms. The molecule has 1 aliphatic rings. The molecule has 0 N–H and O–H groups in total. The van der Waals surface area contributed by atoms with E-state index in [1.165, 1.54) is 17.0 Å². The second-order valence-electron chi connectivity index (χ2n) is 6.29. The molecule has 154 valence electrons. The fourth-order valence-electron chi connectivity index (χ4n) is 2.80. The summed E-state index contributed by atoms with van der Waals surface area (Å²) in [5, 5.41) is 0. The molecule has 29 heavy (non-hydrogen) atoms. The fourth-order valence-corrected chi connectivity index (χ4v) is 2.80. The zero-order valence-corrected chi connectivity index (χ0v) is 15.4. The van der Waals surface area contributed by atoms with Gasteiger partial charge in [-0.1, -0.05) is 24.3 Å². The van der Waals surface area contributed by atoms with Gasteiger partial charge in [-0.05, 0) is 30.3 Å². The van der Waals surface area contributed by atoms with Crippen LogP contribution in [0, 0.1) is 0 Å². The number of morpholine rings is 1. The maximum Gasteiger partial charge on any atom is 0.416 e. The summed E-state index contributed by atoms with van der Waals surface area (Å²) < 4.78 is 49.7. The van der Waals surface area contributed by atoms with Crippen LogP contribution in [0.15, 0.2) is 54.6 Å². The van der Waals surface area contributed by atoms with Crippen molar-refractivity contribution in [3.05, 3.63) is 65.7 Å². The number of esters is 1. The number of hydrogen-bond acceptors (Lipinski definition) is 4. The van der Waals surface area contributed by atoms with Crippen LogP contribution in [-0.2, 0) is 15.7 Å². The predicted octanol–water partition coefficient (Wildman–Crippen LogP) is 3.78. The van der Waals surface area contributed by atoms with Crippen molar-refractivity contribution in [3.63, 3.8) is 0 Å². The van der Waals surface area contributed by atoms with Crippen LogP contribution in [0.2, 0.25) is 0 Å². The van der Waals surface area contributed by atoms with Crippen molar-refractivity contribution in [2.24, 2.45) is 0 Å². The first-order valence-corrected chi connectivity index (χ1v) is 8.90. The second kappa shape index (κ2) is 8.95. The molecule has 2 aromatic rings. The Bertz CT molecular complexity index is 852. The van der Waals surface area contributed by atoms with Crippen molar-refractivity contribution in [3.8, 4) is 0 Å². The molecule has 0 atom stereocenters.